The maximum absolute atomic E-state index is 12.3. The lowest BCUT2D eigenvalue weighted by atomic mass is 9.89. The first-order valence-corrected chi connectivity index (χ1v) is 7.02. The van der Waals surface area contributed by atoms with Crippen LogP contribution in [0.15, 0.2) is 12.5 Å². The maximum Gasteiger partial charge on any atom is 0.321 e. The molecule has 1 fully saturated rings. The molecular weight excluding hydrogens is 254 g/mol. The summed E-state index contributed by atoms with van der Waals surface area (Å²) in [6, 6.07) is -0.0679. The van der Waals surface area contributed by atoms with Gasteiger partial charge in [0.15, 0.2) is 5.82 Å². The van der Waals surface area contributed by atoms with Crippen LogP contribution < -0.4 is 10.2 Å². The van der Waals surface area contributed by atoms with Gasteiger partial charge in [-0.15, -0.1) is 0 Å². The predicted molar refractivity (Wildman–Crippen MR) is 79.9 cm³/mol. The number of rotatable bonds is 2. The highest BCUT2D eigenvalue weighted by Gasteiger charge is 2.26. The van der Waals surface area contributed by atoms with Crippen LogP contribution in [0.4, 0.5) is 16.3 Å². The first kappa shape index (κ1) is 14.6. The summed E-state index contributed by atoms with van der Waals surface area (Å²) in [5.41, 5.74) is 0.647. The van der Waals surface area contributed by atoms with Crippen molar-refractivity contribution < 1.29 is 4.79 Å². The van der Waals surface area contributed by atoms with E-state index in [1.54, 1.807) is 6.20 Å². The number of hydrogen-bond donors (Lipinski definition) is 1. The fourth-order valence-corrected chi connectivity index (χ4v) is 2.41. The third-order valence-corrected chi connectivity index (χ3v) is 3.98. The number of piperidine rings is 1. The summed E-state index contributed by atoms with van der Waals surface area (Å²) in [4.78, 5) is 24.2. The van der Waals surface area contributed by atoms with Crippen LogP contribution in [0.1, 0.15) is 20.3 Å². The molecule has 0 saturated carbocycles. The lowest BCUT2D eigenvalue weighted by Crippen LogP contribution is -2.44. The monoisotopic (exact) mass is 277 g/mol. The average Bonchev–Trinajstić information content (AvgIpc) is 2.42. The molecule has 1 saturated heterocycles. The first-order valence-electron chi connectivity index (χ1n) is 7.02. The Hall–Kier alpha value is -1.85. The van der Waals surface area contributed by atoms with Gasteiger partial charge in [0.25, 0.3) is 0 Å². The van der Waals surface area contributed by atoms with Crippen molar-refractivity contribution in [3.05, 3.63) is 12.5 Å². The summed E-state index contributed by atoms with van der Waals surface area (Å²) in [6.07, 6.45) is 4.17. The fourth-order valence-electron chi connectivity index (χ4n) is 2.41. The maximum atomic E-state index is 12.3. The summed E-state index contributed by atoms with van der Waals surface area (Å²) in [5.74, 6) is 1.93. The minimum absolute atomic E-state index is 0.0679. The molecule has 2 rings (SSSR count). The van der Waals surface area contributed by atoms with Crippen molar-refractivity contribution in [2.75, 3.05) is 37.4 Å². The van der Waals surface area contributed by atoms with Crippen LogP contribution in [-0.2, 0) is 0 Å². The van der Waals surface area contributed by atoms with E-state index in [0.717, 1.165) is 19.5 Å². The third-order valence-electron chi connectivity index (χ3n) is 3.98. The lowest BCUT2D eigenvalue weighted by Gasteiger charge is -2.35. The van der Waals surface area contributed by atoms with E-state index in [4.69, 9.17) is 0 Å². The van der Waals surface area contributed by atoms with E-state index in [2.05, 4.69) is 29.1 Å². The van der Waals surface area contributed by atoms with Gasteiger partial charge in [0.2, 0.25) is 0 Å². The molecule has 110 valence electrons. The smallest absolute Gasteiger partial charge is 0.321 e. The summed E-state index contributed by atoms with van der Waals surface area (Å²) in [6.45, 7) is 6.05. The highest BCUT2D eigenvalue weighted by Crippen LogP contribution is 2.24. The molecule has 1 aliphatic heterocycles. The van der Waals surface area contributed by atoms with E-state index in [0.29, 0.717) is 23.3 Å². The second-order valence-electron chi connectivity index (χ2n) is 5.77. The van der Waals surface area contributed by atoms with Crippen molar-refractivity contribution in [1.82, 2.24) is 14.9 Å². The topological polar surface area (TPSA) is 61.4 Å². The molecule has 20 heavy (non-hydrogen) atoms. The molecule has 0 spiro atoms. The van der Waals surface area contributed by atoms with Gasteiger partial charge in [0, 0.05) is 27.2 Å². The van der Waals surface area contributed by atoms with Gasteiger partial charge in [-0.1, -0.05) is 13.8 Å². The number of urea groups is 1. The van der Waals surface area contributed by atoms with Gasteiger partial charge in [-0.25, -0.2) is 14.8 Å². The SMILES string of the molecule is C[C@@H]1CCN(C(=O)Nc2cncnc2N(C)C)C[C@H]1C. The molecule has 0 unspecified atom stereocenters. The van der Waals surface area contributed by atoms with Crippen molar-refractivity contribution in [2.24, 2.45) is 11.8 Å². The van der Waals surface area contributed by atoms with E-state index in [9.17, 15) is 4.79 Å². The zero-order valence-corrected chi connectivity index (χ0v) is 12.6. The fraction of sp³-hybridized carbons (Fsp3) is 0.643. The molecule has 6 heteroatoms. The zero-order valence-electron chi connectivity index (χ0n) is 12.6. The van der Waals surface area contributed by atoms with Crippen molar-refractivity contribution in [3.8, 4) is 0 Å². The van der Waals surface area contributed by atoms with Crippen LogP contribution in [-0.4, -0.2) is 48.1 Å². The molecule has 1 N–H and O–H groups in total. The average molecular weight is 277 g/mol. The minimum Gasteiger partial charge on any atom is -0.361 e. The van der Waals surface area contributed by atoms with Crippen LogP contribution in [0.25, 0.3) is 0 Å². The minimum atomic E-state index is -0.0679. The molecule has 2 heterocycles. The number of likely N-dealkylation sites (tertiary alicyclic amines) is 1. The third kappa shape index (κ3) is 3.18. The van der Waals surface area contributed by atoms with Crippen molar-refractivity contribution >= 4 is 17.5 Å². The first-order chi connectivity index (χ1) is 9.49. The summed E-state index contributed by atoms with van der Waals surface area (Å²) in [7, 11) is 3.78. The Labute approximate surface area is 120 Å². The largest absolute Gasteiger partial charge is 0.361 e. The Morgan fingerprint density at radius 1 is 1.40 bits per heavy atom. The van der Waals surface area contributed by atoms with Crippen LogP contribution in [0.2, 0.25) is 0 Å². The van der Waals surface area contributed by atoms with Crippen molar-refractivity contribution in [2.45, 2.75) is 20.3 Å². The molecule has 6 nitrogen and oxygen atoms in total. The van der Waals surface area contributed by atoms with E-state index in [-0.39, 0.29) is 6.03 Å². The van der Waals surface area contributed by atoms with Gasteiger partial charge in [-0.2, -0.15) is 0 Å². The predicted octanol–water partition coefficient (Wildman–Crippen LogP) is 2.05. The van der Waals surface area contributed by atoms with E-state index < -0.39 is 0 Å². The number of hydrogen-bond acceptors (Lipinski definition) is 4. The Kier molecular flexibility index (Phi) is 4.42. The molecular formula is C14H23N5O. The highest BCUT2D eigenvalue weighted by molar-refractivity contribution is 5.92. The number of aromatic nitrogens is 2. The molecule has 0 radical (unpaired) electrons. The molecule has 1 aromatic heterocycles. The van der Waals surface area contributed by atoms with E-state index >= 15 is 0 Å². The Morgan fingerprint density at radius 3 is 2.80 bits per heavy atom. The molecule has 1 aromatic rings. The van der Waals surface area contributed by atoms with Crippen LogP contribution in [0.5, 0.6) is 0 Å². The van der Waals surface area contributed by atoms with Crippen LogP contribution in [0.3, 0.4) is 0 Å². The highest BCUT2D eigenvalue weighted by atomic mass is 16.2. The zero-order chi connectivity index (χ0) is 14.7. The van der Waals surface area contributed by atoms with Gasteiger partial charge in [0.1, 0.15) is 12.0 Å². The summed E-state index contributed by atoms with van der Waals surface area (Å²) in [5, 5.41) is 2.92. The Balaban J connectivity index is 2.05. The van der Waals surface area contributed by atoms with Gasteiger partial charge in [-0.3, -0.25) is 0 Å². The van der Waals surface area contributed by atoms with Crippen LogP contribution in [0, 0.1) is 11.8 Å². The number of carbonyl (C=O) groups excluding carboxylic acids is 1. The van der Waals surface area contributed by atoms with Gasteiger partial charge >= 0.3 is 6.03 Å². The van der Waals surface area contributed by atoms with Crippen molar-refractivity contribution in [3.63, 3.8) is 0 Å². The number of nitrogens with one attached hydrogen (secondary N) is 1. The van der Waals surface area contributed by atoms with Crippen LogP contribution >= 0.6 is 0 Å². The standard InChI is InChI=1S/C14H23N5O/c1-10-5-6-19(8-11(10)2)14(20)17-12-7-15-9-16-13(12)18(3)4/h7,9-11H,5-6,8H2,1-4H3,(H,17,20)/t10-,11-/m1/s1. The Morgan fingerprint density at radius 2 is 2.15 bits per heavy atom. The number of carbonyl (C=O) groups is 1. The second-order valence-corrected chi connectivity index (χ2v) is 5.77. The van der Waals surface area contributed by atoms with Crippen molar-refractivity contribution in [1.29, 1.82) is 0 Å². The van der Waals surface area contributed by atoms with Gasteiger partial charge < -0.3 is 15.1 Å². The molecule has 1 aliphatic rings. The lowest BCUT2D eigenvalue weighted by molar-refractivity contribution is 0.154. The van der Waals surface area contributed by atoms with E-state index in [1.165, 1.54) is 6.33 Å². The molecule has 0 aromatic carbocycles. The van der Waals surface area contributed by atoms with Gasteiger partial charge in [-0.05, 0) is 18.3 Å². The molecule has 2 amide bonds. The van der Waals surface area contributed by atoms with E-state index in [1.807, 2.05) is 23.9 Å². The van der Waals surface area contributed by atoms with Gasteiger partial charge in [0.05, 0.1) is 6.20 Å². The number of nitrogens with zero attached hydrogens (tertiary/aromatic N) is 4. The molecule has 2 atom stereocenters. The molecule has 0 aliphatic carbocycles. The summed E-state index contributed by atoms with van der Waals surface area (Å²) >= 11 is 0. The second kappa shape index (κ2) is 6.07. The molecule has 0 bridgehead atoms. The normalized spacial score (nSPS) is 22.5. The number of amides is 2. The number of anilines is 2. The quantitative estimate of drug-likeness (QED) is 0.898. The Bertz CT molecular complexity index is 476. The summed E-state index contributed by atoms with van der Waals surface area (Å²) < 4.78 is 0.